The van der Waals surface area contributed by atoms with Crippen molar-refractivity contribution in [2.75, 3.05) is 7.11 Å². The van der Waals surface area contributed by atoms with Crippen molar-refractivity contribution < 1.29 is 32.0 Å². The SMILES string of the molecule is CON(Cc1ccc(F)cc1)C(=O)CC(=O)C(=O)NS(=O)(=O)C1(Cc2ccccc2)CC1. The van der Waals surface area contributed by atoms with Crippen molar-refractivity contribution in [1.82, 2.24) is 9.79 Å². The second-order valence-corrected chi connectivity index (χ2v) is 9.70. The Kier molecular flexibility index (Phi) is 7.05. The molecule has 0 atom stereocenters. The number of Topliss-reactive ketones (excluding diaryl/α,β-unsaturated/α-hetero) is 1. The third-order valence-electron chi connectivity index (χ3n) is 5.28. The number of nitrogens with zero attached hydrogens (tertiary/aromatic N) is 1. The van der Waals surface area contributed by atoms with E-state index in [1.165, 1.54) is 31.4 Å². The van der Waals surface area contributed by atoms with Gasteiger partial charge in [-0.3, -0.25) is 19.2 Å². The molecule has 8 nitrogen and oxygen atoms in total. The molecule has 32 heavy (non-hydrogen) atoms. The first kappa shape index (κ1) is 23.6. The molecule has 2 aromatic rings. The van der Waals surface area contributed by atoms with Gasteiger partial charge in [-0.25, -0.2) is 22.6 Å². The third kappa shape index (κ3) is 5.57. The zero-order valence-corrected chi connectivity index (χ0v) is 18.2. The summed E-state index contributed by atoms with van der Waals surface area (Å²) in [5.41, 5.74) is 1.35. The molecule has 10 heteroatoms. The van der Waals surface area contributed by atoms with Crippen LogP contribution in [0.2, 0.25) is 0 Å². The smallest absolute Gasteiger partial charge is 0.288 e. The number of carbonyl (C=O) groups excluding carboxylic acids is 3. The van der Waals surface area contributed by atoms with Gasteiger partial charge in [-0.1, -0.05) is 42.5 Å². The third-order valence-corrected chi connectivity index (χ3v) is 7.42. The lowest BCUT2D eigenvalue weighted by Gasteiger charge is -2.20. The van der Waals surface area contributed by atoms with E-state index in [0.717, 1.165) is 10.6 Å². The second kappa shape index (κ2) is 9.58. The number of hydrogen-bond acceptors (Lipinski definition) is 6. The van der Waals surface area contributed by atoms with Gasteiger partial charge in [-0.15, -0.1) is 0 Å². The van der Waals surface area contributed by atoms with Gasteiger partial charge in [0.2, 0.25) is 15.8 Å². The Hall–Kier alpha value is -3.11. The molecule has 0 unspecified atom stereocenters. The lowest BCUT2D eigenvalue weighted by atomic mass is 10.1. The number of benzene rings is 2. The first-order valence-corrected chi connectivity index (χ1v) is 11.4. The minimum atomic E-state index is -4.12. The summed E-state index contributed by atoms with van der Waals surface area (Å²) in [6, 6.07) is 14.3. The highest BCUT2D eigenvalue weighted by atomic mass is 32.2. The van der Waals surface area contributed by atoms with Crippen molar-refractivity contribution in [2.24, 2.45) is 0 Å². The van der Waals surface area contributed by atoms with Crippen LogP contribution in [0, 0.1) is 5.82 Å². The zero-order chi connectivity index (χ0) is 23.4. The molecule has 170 valence electrons. The van der Waals surface area contributed by atoms with Crippen molar-refractivity contribution in [3.05, 3.63) is 71.5 Å². The molecule has 0 aliphatic heterocycles. The molecular weight excluding hydrogens is 439 g/mol. The van der Waals surface area contributed by atoms with E-state index in [2.05, 4.69) is 0 Å². The molecule has 1 fully saturated rings. The van der Waals surface area contributed by atoms with Gasteiger partial charge in [-0.2, -0.15) is 0 Å². The number of rotatable bonds is 10. The fourth-order valence-electron chi connectivity index (χ4n) is 3.25. The molecule has 1 aliphatic carbocycles. The number of nitrogens with one attached hydrogen (secondary N) is 1. The Bertz CT molecular complexity index is 1100. The molecule has 3 rings (SSSR count). The van der Waals surface area contributed by atoms with Gasteiger partial charge in [0.25, 0.3) is 5.91 Å². The molecule has 1 aliphatic rings. The van der Waals surface area contributed by atoms with E-state index in [1.54, 1.807) is 24.3 Å². The Morgan fingerprint density at radius 1 is 1.03 bits per heavy atom. The standard InChI is InChI=1S/C22H23FN2O6S/c1-31-25(15-17-7-9-18(23)10-8-17)20(27)13-19(26)21(28)24-32(29,30)22(11-12-22)14-16-5-3-2-4-6-16/h2-10H,11-15H2,1H3,(H,24,28). The molecule has 2 amide bonds. The average Bonchev–Trinajstić information content (AvgIpc) is 3.55. The Labute approximate surface area is 185 Å². The van der Waals surface area contributed by atoms with E-state index in [1.807, 2.05) is 10.8 Å². The Morgan fingerprint density at radius 3 is 2.22 bits per heavy atom. The molecule has 1 saturated carbocycles. The van der Waals surface area contributed by atoms with Crippen LogP contribution in [0.4, 0.5) is 4.39 Å². The average molecular weight is 462 g/mol. The Morgan fingerprint density at radius 2 is 1.66 bits per heavy atom. The molecule has 0 heterocycles. The second-order valence-electron chi connectivity index (χ2n) is 7.62. The van der Waals surface area contributed by atoms with Crippen LogP contribution in [0.15, 0.2) is 54.6 Å². The summed E-state index contributed by atoms with van der Waals surface area (Å²) < 4.78 is 39.2. The van der Waals surface area contributed by atoms with Gasteiger partial charge in [0.05, 0.1) is 24.8 Å². The van der Waals surface area contributed by atoms with Crippen molar-refractivity contribution in [3.63, 3.8) is 0 Å². The van der Waals surface area contributed by atoms with Gasteiger partial charge in [0, 0.05) is 0 Å². The van der Waals surface area contributed by atoms with E-state index in [-0.39, 0.29) is 13.0 Å². The summed E-state index contributed by atoms with van der Waals surface area (Å²) in [5, 5.41) is 0.838. The van der Waals surface area contributed by atoms with Crippen LogP contribution < -0.4 is 4.72 Å². The van der Waals surface area contributed by atoms with E-state index >= 15 is 0 Å². The highest BCUT2D eigenvalue weighted by Gasteiger charge is 2.55. The fourth-order valence-corrected chi connectivity index (χ4v) is 4.82. The van der Waals surface area contributed by atoms with Crippen molar-refractivity contribution in [3.8, 4) is 0 Å². The summed E-state index contributed by atoms with van der Waals surface area (Å²) in [4.78, 5) is 41.8. The minimum absolute atomic E-state index is 0.0804. The minimum Gasteiger partial charge on any atom is -0.288 e. The summed E-state index contributed by atoms with van der Waals surface area (Å²) in [7, 11) is -2.91. The Balaban J connectivity index is 1.59. The molecule has 2 aromatic carbocycles. The van der Waals surface area contributed by atoms with Gasteiger partial charge in [0.15, 0.2) is 0 Å². The molecule has 1 N–H and O–H groups in total. The summed E-state index contributed by atoms with van der Waals surface area (Å²) in [6.07, 6.45) is 0.0836. The number of hydrogen-bond donors (Lipinski definition) is 1. The normalized spacial score (nSPS) is 14.4. The van der Waals surface area contributed by atoms with E-state index in [4.69, 9.17) is 4.84 Å². The zero-order valence-electron chi connectivity index (χ0n) is 17.4. The maximum Gasteiger partial charge on any atom is 0.301 e. The van der Waals surface area contributed by atoms with Crippen LogP contribution in [0.1, 0.15) is 30.4 Å². The number of carbonyl (C=O) groups is 3. The molecule has 0 aromatic heterocycles. The van der Waals surface area contributed by atoms with Crippen LogP contribution in [-0.4, -0.2) is 42.9 Å². The molecule has 0 bridgehead atoms. The summed E-state index contributed by atoms with van der Waals surface area (Å²) >= 11 is 0. The van der Waals surface area contributed by atoms with Crippen LogP contribution in [0.5, 0.6) is 0 Å². The van der Waals surface area contributed by atoms with E-state index in [0.29, 0.717) is 18.4 Å². The van der Waals surface area contributed by atoms with Gasteiger partial charge >= 0.3 is 5.91 Å². The topological polar surface area (TPSA) is 110 Å². The monoisotopic (exact) mass is 462 g/mol. The summed E-state index contributed by atoms with van der Waals surface area (Å²) in [5.74, 6) is -3.84. The fraction of sp³-hybridized carbons (Fsp3) is 0.318. The highest BCUT2D eigenvalue weighted by molar-refractivity contribution is 7.91. The molecule has 0 spiro atoms. The first-order chi connectivity index (χ1) is 15.2. The highest BCUT2D eigenvalue weighted by Crippen LogP contribution is 2.45. The van der Waals surface area contributed by atoms with E-state index < -0.39 is 44.6 Å². The van der Waals surface area contributed by atoms with Gasteiger partial charge in [-0.05, 0) is 42.5 Å². The molecule has 0 radical (unpaired) electrons. The van der Waals surface area contributed by atoms with E-state index in [9.17, 15) is 27.2 Å². The predicted molar refractivity (Wildman–Crippen MR) is 113 cm³/mol. The molecule has 0 saturated heterocycles. The van der Waals surface area contributed by atoms with Crippen LogP contribution >= 0.6 is 0 Å². The van der Waals surface area contributed by atoms with Crippen LogP contribution in [0.3, 0.4) is 0 Å². The van der Waals surface area contributed by atoms with Crippen molar-refractivity contribution in [2.45, 2.75) is 37.0 Å². The quantitative estimate of drug-likeness (QED) is 0.328. The van der Waals surface area contributed by atoms with Crippen molar-refractivity contribution in [1.29, 1.82) is 0 Å². The van der Waals surface area contributed by atoms with Gasteiger partial charge < -0.3 is 0 Å². The molecular formula is C22H23FN2O6S. The van der Waals surface area contributed by atoms with Gasteiger partial charge in [0.1, 0.15) is 5.82 Å². The summed E-state index contributed by atoms with van der Waals surface area (Å²) in [6.45, 7) is -0.0804. The first-order valence-electron chi connectivity index (χ1n) is 9.88. The van der Waals surface area contributed by atoms with Crippen molar-refractivity contribution >= 4 is 27.6 Å². The maximum absolute atomic E-state index is 13.0. The number of amides is 2. The number of halogens is 1. The maximum atomic E-state index is 13.0. The largest absolute Gasteiger partial charge is 0.301 e. The number of hydroxylamine groups is 2. The number of ketones is 1. The lowest BCUT2D eigenvalue weighted by molar-refractivity contribution is -0.180. The lowest BCUT2D eigenvalue weighted by Crippen LogP contribution is -2.45. The van der Waals surface area contributed by atoms with Crippen LogP contribution in [0.25, 0.3) is 0 Å². The van der Waals surface area contributed by atoms with Crippen LogP contribution in [-0.2, 0) is 42.2 Å². The predicted octanol–water partition coefficient (Wildman–Crippen LogP) is 1.90. The number of sulfonamides is 1.